The number of H-pyrrole nitrogens is 1. The number of piperidine rings is 1. The van der Waals surface area contributed by atoms with E-state index in [1.165, 1.54) is 6.07 Å². The fourth-order valence-electron chi connectivity index (χ4n) is 3.94. The van der Waals surface area contributed by atoms with Gasteiger partial charge in [0.25, 0.3) is 0 Å². The monoisotopic (exact) mass is 354 g/mol. The highest BCUT2D eigenvalue weighted by Crippen LogP contribution is 2.33. The van der Waals surface area contributed by atoms with Gasteiger partial charge < -0.3 is 9.88 Å². The number of carbonyl (C=O) groups excluding carboxylic acids is 1. The highest BCUT2D eigenvalue weighted by molar-refractivity contribution is 6.09. The number of rotatable bonds is 4. The Bertz CT molecular complexity index is 898. The van der Waals surface area contributed by atoms with Crippen LogP contribution in [0.5, 0.6) is 0 Å². The van der Waals surface area contributed by atoms with E-state index in [0.717, 1.165) is 37.0 Å². The Hall–Kier alpha value is -2.23. The number of Topliss-reactive ketones (excluding diaryl/α,β-unsaturated/α-hetero) is 1. The second-order valence-electron chi connectivity index (χ2n) is 7.75. The first-order valence-electron chi connectivity index (χ1n) is 9.21. The number of halogens is 1. The minimum Gasteiger partial charge on any atom is -0.352 e. The second kappa shape index (κ2) is 6.19. The summed E-state index contributed by atoms with van der Waals surface area (Å²) < 4.78 is 14.7. The lowest BCUT2D eigenvalue weighted by atomic mass is 9.88. The number of carbonyl (C=O) groups is 1. The van der Waals surface area contributed by atoms with E-state index >= 15 is 0 Å². The number of aromatic amines is 1. The van der Waals surface area contributed by atoms with Crippen LogP contribution in [0.1, 0.15) is 48.7 Å². The van der Waals surface area contributed by atoms with Crippen molar-refractivity contribution in [2.75, 3.05) is 19.6 Å². The van der Waals surface area contributed by atoms with Gasteiger partial charge in [0, 0.05) is 23.5 Å². The largest absolute Gasteiger partial charge is 0.352 e. The SMILES string of the molecule is CC(C)N1CCC(c2cc3[nH]c(C(=O)C4(C#N)CN4)cc3cc2F)CC1. The van der Waals surface area contributed by atoms with Crippen LogP contribution in [0.4, 0.5) is 4.39 Å². The molecule has 0 amide bonds. The van der Waals surface area contributed by atoms with E-state index in [-0.39, 0.29) is 17.5 Å². The number of fused-ring (bicyclic) bond motifs is 1. The zero-order valence-corrected chi connectivity index (χ0v) is 15.1. The van der Waals surface area contributed by atoms with Gasteiger partial charge in [-0.25, -0.2) is 4.39 Å². The molecule has 0 bridgehead atoms. The van der Waals surface area contributed by atoms with Crippen LogP contribution in [0.15, 0.2) is 18.2 Å². The summed E-state index contributed by atoms with van der Waals surface area (Å²) in [6, 6.07) is 7.53. The fourth-order valence-corrected chi connectivity index (χ4v) is 3.94. The highest BCUT2D eigenvalue weighted by atomic mass is 19.1. The molecule has 2 saturated heterocycles. The molecule has 1 atom stereocenters. The lowest BCUT2D eigenvalue weighted by Crippen LogP contribution is -2.38. The number of nitrogens with zero attached hydrogens (tertiary/aromatic N) is 2. The summed E-state index contributed by atoms with van der Waals surface area (Å²) >= 11 is 0. The van der Waals surface area contributed by atoms with E-state index in [1.54, 1.807) is 6.07 Å². The number of hydrogen-bond acceptors (Lipinski definition) is 4. The van der Waals surface area contributed by atoms with Crippen molar-refractivity contribution in [1.29, 1.82) is 5.26 Å². The molecule has 2 aliphatic rings. The second-order valence-corrected chi connectivity index (χ2v) is 7.75. The Balaban J connectivity index is 1.61. The molecule has 4 rings (SSSR count). The molecule has 2 fully saturated rings. The van der Waals surface area contributed by atoms with E-state index in [4.69, 9.17) is 0 Å². The van der Waals surface area contributed by atoms with Gasteiger partial charge in [-0.1, -0.05) is 0 Å². The number of hydrogen-bond donors (Lipinski definition) is 2. The minimum absolute atomic E-state index is 0.201. The number of aromatic nitrogens is 1. The van der Waals surface area contributed by atoms with Crippen molar-refractivity contribution in [3.63, 3.8) is 0 Å². The van der Waals surface area contributed by atoms with E-state index < -0.39 is 5.54 Å². The van der Waals surface area contributed by atoms with Crippen LogP contribution in [-0.2, 0) is 0 Å². The molecule has 2 aliphatic heterocycles. The number of benzene rings is 1. The van der Waals surface area contributed by atoms with Crippen LogP contribution in [0, 0.1) is 17.1 Å². The lowest BCUT2D eigenvalue weighted by molar-refractivity contribution is 0.0963. The summed E-state index contributed by atoms with van der Waals surface area (Å²) in [5, 5.41) is 12.7. The molecule has 1 unspecified atom stereocenters. The van der Waals surface area contributed by atoms with Crippen LogP contribution < -0.4 is 5.32 Å². The van der Waals surface area contributed by atoms with E-state index in [1.807, 2.05) is 12.1 Å². The third-order valence-corrected chi connectivity index (χ3v) is 5.79. The summed E-state index contributed by atoms with van der Waals surface area (Å²) in [5.41, 5.74) is 0.732. The maximum Gasteiger partial charge on any atom is 0.214 e. The summed E-state index contributed by atoms with van der Waals surface area (Å²) in [7, 11) is 0. The number of ketones is 1. The predicted octanol–water partition coefficient (Wildman–Crippen LogP) is 2.94. The highest BCUT2D eigenvalue weighted by Gasteiger charge is 2.51. The van der Waals surface area contributed by atoms with Crippen molar-refractivity contribution in [2.24, 2.45) is 0 Å². The summed E-state index contributed by atoms with van der Waals surface area (Å²) in [5.74, 6) is -0.283. The first kappa shape index (κ1) is 17.2. The maximum atomic E-state index is 14.7. The number of nitriles is 1. The molecule has 2 N–H and O–H groups in total. The Labute approximate surface area is 152 Å². The molecular weight excluding hydrogens is 331 g/mol. The summed E-state index contributed by atoms with van der Waals surface area (Å²) in [6.45, 7) is 6.70. The molecule has 1 aromatic heterocycles. The topological polar surface area (TPSA) is 81.8 Å². The average Bonchev–Trinajstić information content (AvgIpc) is 3.34. The normalized spacial score (nSPS) is 24.1. The first-order valence-corrected chi connectivity index (χ1v) is 9.21. The molecule has 0 aliphatic carbocycles. The molecule has 0 saturated carbocycles. The molecule has 2 aromatic rings. The molecule has 1 aromatic carbocycles. The van der Waals surface area contributed by atoms with Gasteiger partial charge >= 0.3 is 0 Å². The molecule has 26 heavy (non-hydrogen) atoms. The molecule has 6 heteroatoms. The lowest BCUT2D eigenvalue weighted by Gasteiger charge is -2.34. The Morgan fingerprint density at radius 2 is 2.04 bits per heavy atom. The van der Waals surface area contributed by atoms with Crippen LogP contribution in [0.25, 0.3) is 10.9 Å². The van der Waals surface area contributed by atoms with Gasteiger partial charge in [-0.15, -0.1) is 0 Å². The summed E-state index contributed by atoms with van der Waals surface area (Å²) in [4.78, 5) is 18.0. The van der Waals surface area contributed by atoms with Crippen LogP contribution in [-0.4, -0.2) is 46.9 Å². The van der Waals surface area contributed by atoms with Crippen LogP contribution >= 0.6 is 0 Å². The smallest absolute Gasteiger partial charge is 0.214 e. The van der Waals surface area contributed by atoms with Crippen molar-refractivity contribution < 1.29 is 9.18 Å². The molecular formula is C20H23FN4O. The quantitative estimate of drug-likeness (QED) is 0.653. The average molecular weight is 354 g/mol. The van der Waals surface area contributed by atoms with Gasteiger partial charge in [-0.05, 0) is 69.5 Å². The zero-order chi connectivity index (χ0) is 18.5. The molecule has 136 valence electrons. The van der Waals surface area contributed by atoms with Gasteiger partial charge in [0.05, 0.1) is 11.8 Å². The Morgan fingerprint density at radius 1 is 1.35 bits per heavy atom. The van der Waals surface area contributed by atoms with Gasteiger partial charge in [0.15, 0.2) is 5.54 Å². The first-order chi connectivity index (χ1) is 12.4. The van der Waals surface area contributed by atoms with Crippen LogP contribution in [0.2, 0.25) is 0 Å². The summed E-state index contributed by atoms with van der Waals surface area (Å²) in [6.07, 6.45) is 1.88. The van der Waals surface area contributed by atoms with Crippen molar-refractivity contribution in [3.05, 3.63) is 35.3 Å². The molecule has 5 nitrogen and oxygen atoms in total. The van der Waals surface area contributed by atoms with E-state index in [0.29, 0.717) is 23.7 Å². The van der Waals surface area contributed by atoms with Crippen molar-refractivity contribution >= 4 is 16.7 Å². The third kappa shape index (κ3) is 2.81. The maximum absolute atomic E-state index is 14.7. The van der Waals surface area contributed by atoms with Crippen molar-refractivity contribution in [1.82, 2.24) is 15.2 Å². The van der Waals surface area contributed by atoms with E-state index in [2.05, 4.69) is 29.0 Å². The Kier molecular flexibility index (Phi) is 4.09. The van der Waals surface area contributed by atoms with Gasteiger partial charge in [-0.2, -0.15) is 5.26 Å². The fraction of sp³-hybridized carbons (Fsp3) is 0.500. The standard InChI is InChI=1S/C20H23FN4O/c1-12(2)25-5-3-13(4-6-25)15-9-17-14(7-16(15)21)8-18(24-17)19(26)20(10-22)11-23-20/h7-9,12-13,23-24H,3-6,11H2,1-2H3. The molecule has 3 heterocycles. The third-order valence-electron chi connectivity index (χ3n) is 5.79. The van der Waals surface area contributed by atoms with Crippen molar-refractivity contribution in [2.45, 2.75) is 44.2 Å². The predicted molar refractivity (Wildman–Crippen MR) is 97.6 cm³/mol. The molecule has 0 radical (unpaired) electrons. The van der Waals surface area contributed by atoms with Gasteiger partial charge in [-0.3, -0.25) is 10.1 Å². The number of likely N-dealkylation sites (tertiary alicyclic amines) is 1. The number of nitrogens with one attached hydrogen (secondary N) is 2. The van der Waals surface area contributed by atoms with Gasteiger partial charge in [0.2, 0.25) is 5.78 Å². The van der Waals surface area contributed by atoms with Gasteiger partial charge in [0.1, 0.15) is 5.82 Å². The Morgan fingerprint density at radius 3 is 2.62 bits per heavy atom. The van der Waals surface area contributed by atoms with Crippen molar-refractivity contribution in [3.8, 4) is 6.07 Å². The van der Waals surface area contributed by atoms with E-state index in [9.17, 15) is 14.4 Å². The van der Waals surface area contributed by atoms with Crippen LogP contribution in [0.3, 0.4) is 0 Å². The zero-order valence-electron chi connectivity index (χ0n) is 15.1. The molecule has 0 spiro atoms. The minimum atomic E-state index is -1.11.